The zero-order valence-corrected chi connectivity index (χ0v) is 21.5. The van der Waals surface area contributed by atoms with E-state index in [9.17, 15) is 5.11 Å². The lowest BCUT2D eigenvalue weighted by atomic mass is 9.76. The Hall–Kier alpha value is -2.55. The van der Waals surface area contributed by atoms with Gasteiger partial charge in [-0.15, -0.1) is 0 Å². The minimum Gasteiger partial charge on any atom is -0.390 e. The topological polar surface area (TPSA) is 79.5 Å². The highest BCUT2D eigenvalue weighted by Gasteiger charge is 2.47. The van der Waals surface area contributed by atoms with E-state index in [2.05, 4.69) is 34.9 Å². The lowest BCUT2D eigenvalue weighted by Crippen LogP contribution is -2.57. The Bertz CT molecular complexity index is 1300. The first kappa shape index (κ1) is 22.6. The fourth-order valence-electron chi connectivity index (χ4n) is 7.01. The van der Waals surface area contributed by atoms with Gasteiger partial charge in [-0.05, 0) is 82.1 Å². The monoisotopic (exact) mass is 488 g/mol. The highest BCUT2D eigenvalue weighted by atomic mass is 16.5. The first-order valence-corrected chi connectivity index (χ1v) is 13.5. The van der Waals surface area contributed by atoms with Crippen LogP contribution < -0.4 is 4.90 Å². The molecule has 8 heteroatoms. The summed E-state index contributed by atoms with van der Waals surface area (Å²) in [5.41, 5.74) is 3.25. The van der Waals surface area contributed by atoms with Crippen molar-refractivity contribution in [3.8, 4) is 5.82 Å². The molecule has 4 fully saturated rings. The molecular formula is C28H36N6O2. The Morgan fingerprint density at radius 1 is 0.972 bits per heavy atom. The zero-order valence-electron chi connectivity index (χ0n) is 21.5. The van der Waals surface area contributed by atoms with Gasteiger partial charge >= 0.3 is 0 Å². The van der Waals surface area contributed by atoms with E-state index in [1.165, 1.54) is 17.5 Å². The number of aromatic nitrogens is 4. The van der Waals surface area contributed by atoms with Crippen LogP contribution >= 0.6 is 0 Å². The number of nitrogens with zero attached hydrogens (tertiary/aromatic N) is 6. The molecule has 36 heavy (non-hydrogen) atoms. The van der Waals surface area contributed by atoms with Gasteiger partial charge in [-0.1, -0.05) is 0 Å². The van der Waals surface area contributed by atoms with Gasteiger partial charge in [0.1, 0.15) is 11.6 Å². The molecule has 0 radical (unpaired) electrons. The maximum Gasteiger partial charge on any atom is 0.159 e. The lowest BCUT2D eigenvalue weighted by Gasteiger charge is -2.42. The van der Waals surface area contributed by atoms with Crippen LogP contribution in [0.3, 0.4) is 0 Å². The Kier molecular flexibility index (Phi) is 5.17. The van der Waals surface area contributed by atoms with Crippen LogP contribution in [0.4, 0.5) is 5.82 Å². The third kappa shape index (κ3) is 3.73. The van der Waals surface area contributed by atoms with E-state index in [0.717, 1.165) is 80.3 Å². The van der Waals surface area contributed by atoms with Gasteiger partial charge in [0.05, 0.1) is 36.6 Å². The summed E-state index contributed by atoms with van der Waals surface area (Å²) < 4.78 is 7.43. The van der Waals surface area contributed by atoms with E-state index in [0.29, 0.717) is 24.0 Å². The maximum absolute atomic E-state index is 10.4. The molecule has 1 aliphatic carbocycles. The number of rotatable bonds is 4. The van der Waals surface area contributed by atoms with Gasteiger partial charge in [-0.3, -0.25) is 4.90 Å². The summed E-state index contributed by atoms with van der Waals surface area (Å²) >= 11 is 0. The molecule has 0 unspecified atom stereocenters. The number of likely N-dealkylation sites (tertiary alicyclic amines) is 1. The number of ether oxygens (including phenoxy) is 1. The van der Waals surface area contributed by atoms with Gasteiger partial charge in [0.2, 0.25) is 0 Å². The van der Waals surface area contributed by atoms with E-state index in [-0.39, 0.29) is 0 Å². The van der Waals surface area contributed by atoms with Crippen molar-refractivity contribution in [2.45, 2.75) is 82.5 Å². The molecule has 1 N–H and O–H groups in total. The number of hydrogen-bond donors (Lipinski definition) is 1. The summed E-state index contributed by atoms with van der Waals surface area (Å²) in [5.74, 6) is 3.10. The zero-order chi connectivity index (χ0) is 24.6. The molecule has 3 aromatic rings. The molecule has 3 saturated heterocycles. The molecule has 190 valence electrons. The predicted octanol–water partition coefficient (Wildman–Crippen LogP) is 3.50. The number of hydrogen-bond acceptors (Lipinski definition) is 7. The number of fused-ring (bicyclic) bond motifs is 3. The van der Waals surface area contributed by atoms with Crippen molar-refractivity contribution in [2.75, 3.05) is 31.2 Å². The van der Waals surface area contributed by atoms with Gasteiger partial charge in [0, 0.05) is 36.6 Å². The van der Waals surface area contributed by atoms with Crippen molar-refractivity contribution in [3.05, 3.63) is 41.3 Å². The lowest BCUT2D eigenvalue weighted by molar-refractivity contribution is -0.0708. The average molecular weight is 489 g/mol. The molecule has 0 amide bonds. The Morgan fingerprint density at radius 3 is 2.44 bits per heavy atom. The molecule has 4 aliphatic rings. The van der Waals surface area contributed by atoms with Crippen molar-refractivity contribution in [1.29, 1.82) is 0 Å². The molecule has 2 aromatic heterocycles. The molecular weight excluding hydrogens is 452 g/mol. The minimum atomic E-state index is -0.525. The predicted molar refractivity (Wildman–Crippen MR) is 139 cm³/mol. The largest absolute Gasteiger partial charge is 0.390 e. The van der Waals surface area contributed by atoms with Crippen LogP contribution in [0, 0.1) is 13.8 Å². The van der Waals surface area contributed by atoms with Gasteiger partial charge in [0.15, 0.2) is 5.82 Å². The number of aryl methyl sites for hydroxylation is 2. The molecule has 2 bridgehead atoms. The van der Waals surface area contributed by atoms with Crippen molar-refractivity contribution >= 4 is 16.7 Å². The van der Waals surface area contributed by atoms with Crippen LogP contribution in [0.1, 0.15) is 61.9 Å². The number of benzene rings is 1. The van der Waals surface area contributed by atoms with Crippen LogP contribution in [0.5, 0.6) is 0 Å². The summed E-state index contributed by atoms with van der Waals surface area (Å²) in [5, 5.41) is 16.3. The van der Waals surface area contributed by atoms with Crippen LogP contribution in [-0.4, -0.2) is 79.8 Å². The van der Waals surface area contributed by atoms with E-state index >= 15 is 0 Å². The van der Waals surface area contributed by atoms with Gasteiger partial charge in [-0.25, -0.2) is 14.6 Å². The van der Waals surface area contributed by atoms with E-state index in [1.54, 1.807) is 0 Å². The van der Waals surface area contributed by atoms with E-state index in [4.69, 9.17) is 19.8 Å². The summed E-state index contributed by atoms with van der Waals surface area (Å²) in [7, 11) is 0. The standard InChI is InChI=1S/C28H36N6O2/c1-17-8-20-12-29-34(25(20)10-24(17)19-4-6-28(3,35)7-5-19)27-11-26(30-18(2)31-27)33-14-21-9-22(33)13-32(21)23-15-36-16-23/h8,10-12,19,21-23,35H,4-7,9,13-16H2,1-3H3/t19-,21-,22-,28-/m0/s1. The normalized spacial score (nSPS) is 30.9. The quantitative estimate of drug-likeness (QED) is 0.602. The fourth-order valence-corrected chi connectivity index (χ4v) is 7.01. The molecule has 2 atom stereocenters. The van der Waals surface area contributed by atoms with Crippen molar-refractivity contribution < 1.29 is 9.84 Å². The second-order valence-electron chi connectivity index (χ2n) is 11.8. The summed E-state index contributed by atoms with van der Waals surface area (Å²) in [4.78, 5) is 14.8. The van der Waals surface area contributed by atoms with Crippen molar-refractivity contribution in [1.82, 2.24) is 24.6 Å². The molecule has 5 heterocycles. The smallest absolute Gasteiger partial charge is 0.159 e. The molecule has 1 saturated carbocycles. The molecule has 7 rings (SSSR count). The second-order valence-corrected chi connectivity index (χ2v) is 11.8. The van der Waals surface area contributed by atoms with Gasteiger partial charge in [-0.2, -0.15) is 5.10 Å². The Balaban J connectivity index is 1.20. The number of anilines is 1. The summed E-state index contributed by atoms with van der Waals surface area (Å²) in [6, 6.07) is 8.39. The first-order chi connectivity index (χ1) is 17.3. The highest BCUT2D eigenvalue weighted by molar-refractivity contribution is 5.82. The average Bonchev–Trinajstić information content (AvgIpc) is 3.51. The van der Waals surface area contributed by atoms with Crippen LogP contribution in [0.15, 0.2) is 24.4 Å². The van der Waals surface area contributed by atoms with Crippen molar-refractivity contribution in [2.24, 2.45) is 0 Å². The van der Waals surface area contributed by atoms with Crippen molar-refractivity contribution in [3.63, 3.8) is 0 Å². The van der Waals surface area contributed by atoms with Crippen LogP contribution in [0.2, 0.25) is 0 Å². The molecule has 3 aliphatic heterocycles. The second kappa shape index (κ2) is 8.23. The SMILES string of the molecule is Cc1nc(N2C[C@@H]3C[C@H]2CN3C2COC2)cc(-n2ncc3cc(C)c([C@H]4CC[C@](C)(O)CC4)cc32)n1. The van der Waals surface area contributed by atoms with Crippen LogP contribution in [-0.2, 0) is 4.74 Å². The Labute approximate surface area is 212 Å². The van der Waals surface area contributed by atoms with Gasteiger partial charge in [0.25, 0.3) is 0 Å². The fraction of sp³-hybridized carbons (Fsp3) is 0.607. The van der Waals surface area contributed by atoms with E-state index in [1.807, 2.05) is 24.7 Å². The third-order valence-corrected chi connectivity index (χ3v) is 9.15. The first-order valence-electron chi connectivity index (χ1n) is 13.5. The van der Waals surface area contributed by atoms with E-state index < -0.39 is 5.60 Å². The minimum absolute atomic E-state index is 0.477. The van der Waals surface area contributed by atoms with Gasteiger partial charge < -0.3 is 14.7 Å². The highest BCUT2D eigenvalue weighted by Crippen LogP contribution is 2.40. The molecule has 1 aromatic carbocycles. The summed E-state index contributed by atoms with van der Waals surface area (Å²) in [6.07, 6.45) is 6.90. The third-order valence-electron chi connectivity index (χ3n) is 9.15. The molecule has 8 nitrogen and oxygen atoms in total. The van der Waals surface area contributed by atoms with Crippen LogP contribution in [0.25, 0.3) is 16.7 Å². The number of piperazine rings is 1. The Morgan fingerprint density at radius 2 is 1.75 bits per heavy atom. The maximum atomic E-state index is 10.4. The molecule has 0 spiro atoms. The number of aliphatic hydroxyl groups is 1. The summed E-state index contributed by atoms with van der Waals surface area (Å²) in [6.45, 7) is 10.0.